The molecular formula is C14H22N2O. The Morgan fingerprint density at radius 3 is 2.59 bits per heavy atom. The van der Waals surface area contributed by atoms with E-state index in [-0.39, 0.29) is 0 Å². The largest absolute Gasteiger partial charge is 0.468 e. The van der Waals surface area contributed by atoms with E-state index in [1.54, 1.807) is 6.26 Å². The first-order chi connectivity index (χ1) is 8.29. The van der Waals surface area contributed by atoms with E-state index < -0.39 is 0 Å². The molecule has 0 radical (unpaired) electrons. The Balaban J connectivity index is 1.76. The van der Waals surface area contributed by atoms with Crippen molar-refractivity contribution in [2.24, 2.45) is 5.92 Å². The van der Waals surface area contributed by atoms with Gasteiger partial charge in [0.1, 0.15) is 5.76 Å². The fourth-order valence-electron chi connectivity index (χ4n) is 3.80. The highest BCUT2D eigenvalue weighted by Gasteiger charge is 2.41. The zero-order valence-corrected chi connectivity index (χ0v) is 10.7. The maximum Gasteiger partial charge on any atom is 0.120 e. The van der Waals surface area contributed by atoms with Crippen LogP contribution < -0.4 is 5.32 Å². The van der Waals surface area contributed by atoms with Crippen molar-refractivity contribution >= 4 is 0 Å². The normalized spacial score (nSPS) is 35.1. The van der Waals surface area contributed by atoms with Gasteiger partial charge in [-0.3, -0.25) is 0 Å². The molecule has 2 fully saturated rings. The van der Waals surface area contributed by atoms with E-state index >= 15 is 0 Å². The Labute approximate surface area is 103 Å². The number of piperidine rings is 1. The third-order valence-electron chi connectivity index (χ3n) is 4.77. The van der Waals surface area contributed by atoms with Crippen LogP contribution in [0, 0.1) is 5.92 Å². The lowest BCUT2D eigenvalue weighted by Crippen LogP contribution is -2.43. The molecule has 2 bridgehead atoms. The Hall–Kier alpha value is -0.800. The minimum Gasteiger partial charge on any atom is -0.468 e. The second-order valence-electron chi connectivity index (χ2n) is 5.56. The Bertz CT molecular complexity index is 348. The molecule has 3 heterocycles. The van der Waals surface area contributed by atoms with Crippen LogP contribution >= 0.6 is 0 Å². The molecule has 2 aliphatic heterocycles. The van der Waals surface area contributed by atoms with E-state index in [9.17, 15) is 0 Å². The van der Waals surface area contributed by atoms with Gasteiger partial charge in [-0.25, -0.2) is 0 Å². The minimum absolute atomic E-state index is 0.391. The van der Waals surface area contributed by atoms with Crippen LogP contribution in [0.4, 0.5) is 0 Å². The number of hydrogen-bond donors (Lipinski definition) is 1. The van der Waals surface area contributed by atoms with Crippen LogP contribution in [0.1, 0.15) is 37.5 Å². The molecule has 3 rings (SSSR count). The maximum atomic E-state index is 5.58. The smallest absolute Gasteiger partial charge is 0.120 e. The summed E-state index contributed by atoms with van der Waals surface area (Å²) in [5.41, 5.74) is 0. The molecule has 2 aliphatic rings. The van der Waals surface area contributed by atoms with Gasteiger partial charge in [-0.15, -0.1) is 0 Å². The molecule has 0 aromatic carbocycles. The van der Waals surface area contributed by atoms with Crippen molar-refractivity contribution in [2.75, 3.05) is 14.1 Å². The second-order valence-corrected chi connectivity index (χ2v) is 5.56. The minimum atomic E-state index is 0.391. The van der Waals surface area contributed by atoms with Crippen molar-refractivity contribution < 1.29 is 4.42 Å². The molecule has 17 heavy (non-hydrogen) atoms. The fraction of sp³-hybridized carbons (Fsp3) is 0.714. The van der Waals surface area contributed by atoms with E-state index in [2.05, 4.69) is 23.3 Å². The average molecular weight is 234 g/mol. The van der Waals surface area contributed by atoms with Gasteiger partial charge in [-0.05, 0) is 57.8 Å². The van der Waals surface area contributed by atoms with Gasteiger partial charge in [0.25, 0.3) is 0 Å². The zero-order valence-electron chi connectivity index (χ0n) is 10.7. The molecule has 1 N–H and O–H groups in total. The molecule has 94 valence electrons. The summed E-state index contributed by atoms with van der Waals surface area (Å²) < 4.78 is 5.58. The molecular weight excluding hydrogens is 212 g/mol. The maximum absolute atomic E-state index is 5.58. The third kappa shape index (κ3) is 1.91. The third-order valence-corrected chi connectivity index (χ3v) is 4.77. The van der Waals surface area contributed by atoms with Crippen molar-refractivity contribution in [3.8, 4) is 0 Å². The summed E-state index contributed by atoms with van der Waals surface area (Å²) in [4.78, 5) is 2.59. The molecule has 3 unspecified atom stereocenters. The Kier molecular flexibility index (Phi) is 2.97. The first-order valence-corrected chi connectivity index (χ1v) is 6.72. The predicted octanol–water partition coefficient (Wildman–Crippen LogP) is 2.41. The van der Waals surface area contributed by atoms with Crippen LogP contribution in [0.25, 0.3) is 0 Å². The van der Waals surface area contributed by atoms with Gasteiger partial charge < -0.3 is 14.6 Å². The highest BCUT2D eigenvalue weighted by atomic mass is 16.3. The number of rotatable bonds is 3. The summed E-state index contributed by atoms with van der Waals surface area (Å²) in [5.74, 6) is 1.82. The molecule has 2 saturated heterocycles. The lowest BCUT2D eigenvalue weighted by Gasteiger charge is -2.39. The number of fused-ring (bicyclic) bond motifs is 2. The van der Waals surface area contributed by atoms with Crippen LogP contribution in [-0.4, -0.2) is 31.1 Å². The summed E-state index contributed by atoms with van der Waals surface area (Å²) in [6, 6.07) is 6.07. The SMILES string of the molecule is CNC(c1ccco1)C1CC2CCC(C1)N2C. The lowest BCUT2D eigenvalue weighted by atomic mass is 9.84. The molecule has 1 aromatic rings. The van der Waals surface area contributed by atoms with Crippen LogP contribution in [0.15, 0.2) is 22.8 Å². The standard InChI is InChI=1S/C14H22N2O/c1-15-14(13-4-3-7-17-13)10-8-11-5-6-12(9-10)16(11)2/h3-4,7,10-12,14-15H,5-6,8-9H2,1-2H3. The van der Waals surface area contributed by atoms with Crippen molar-refractivity contribution in [2.45, 2.75) is 43.8 Å². The molecule has 1 aromatic heterocycles. The van der Waals surface area contributed by atoms with Gasteiger partial charge in [0.15, 0.2) is 0 Å². The van der Waals surface area contributed by atoms with Crippen LogP contribution in [0.2, 0.25) is 0 Å². The number of furan rings is 1. The highest BCUT2D eigenvalue weighted by molar-refractivity contribution is 5.08. The van der Waals surface area contributed by atoms with E-state index in [4.69, 9.17) is 4.42 Å². The van der Waals surface area contributed by atoms with Crippen LogP contribution in [0.5, 0.6) is 0 Å². The lowest BCUT2D eigenvalue weighted by molar-refractivity contribution is 0.109. The molecule has 0 spiro atoms. The summed E-state index contributed by atoms with van der Waals surface area (Å²) >= 11 is 0. The molecule has 0 aliphatic carbocycles. The van der Waals surface area contributed by atoms with Crippen molar-refractivity contribution in [1.82, 2.24) is 10.2 Å². The molecule has 0 amide bonds. The average Bonchev–Trinajstić information content (AvgIpc) is 2.88. The van der Waals surface area contributed by atoms with Crippen molar-refractivity contribution in [1.29, 1.82) is 0 Å². The second kappa shape index (κ2) is 4.46. The summed E-state index contributed by atoms with van der Waals surface area (Å²) in [6.45, 7) is 0. The fourth-order valence-corrected chi connectivity index (χ4v) is 3.80. The molecule has 3 atom stereocenters. The van der Waals surface area contributed by atoms with E-state index in [1.165, 1.54) is 25.7 Å². The van der Waals surface area contributed by atoms with Gasteiger partial charge in [0, 0.05) is 12.1 Å². The molecule has 3 nitrogen and oxygen atoms in total. The zero-order chi connectivity index (χ0) is 11.8. The first kappa shape index (κ1) is 11.3. The highest BCUT2D eigenvalue weighted by Crippen LogP contribution is 2.42. The van der Waals surface area contributed by atoms with Crippen molar-refractivity contribution in [3.63, 3.8) is 0 Å². The Morgan fingerprint density at radius 1 is 1.35 bits per heavy atom. The number of nitrogens with zero attached hydrogens (tertiary/aromatic N) is 1. The van der Waals surface area contributed by atoms with Crippen molar-refractivity contribution in [3.05, 3.63) is 24.2 Å². The summed E-state index contributed by atoms with van der Waals surface area (Å²) in [6.07, 6.45) is 7.15. The number of hydrogen-bond acceptors (Lipinski definition) is 3. The van der Waals surface area contributed by atoms with E-state index in [1.807, 2.05) is 13.1 Å². The van der Waals surface area contributed by atoms with Gasteiger partial charge in [-0.1, -0.05) is 0 Å². The van der Waals surface area contributed by atoms with Crippen LogP contribution in [0.3, 0.4) is 0 Å². The van der Waals surface area contributed by atoms with Crippen LogP contribution in [-0.2, 0) is 0 Å². The van der Waals surface area contributed by atoms with Gasteiger partial charge >= 0.3 is 0 Å². The first-order valence-electron chi connectivity index (χ1n) is 6.72. The van der Waals surface area contributed by atoms with Gasteiger partial charge in [0.2, 0.25) is 0 Å². The summed E-state index contributed by atoms with van der Waals surface area (Å²) in [7, 11) is 4.34. The predicted molar refractivity (Wildman–Crippen MR) is 67.8 cm³/mol. The monoisotopic (exact) mass is 234 g/mol. The number of nitrogens with one attached hydrogen (secondary N) is 1. The van der Waals surface area contributed by atoms with Gasteiger partial charge in [0.05, 0.1) is 12.3 Å². The molecule has 3 heteroatoms. The van der Waals surface area contributed by atoms with E-state index in [0.717, 1.165) is 23.8 Å². The molecule has 0 saturated carbocycles. The van der Waals surface area contributed by atoms with E-state index in [0.29, 0.717) is 6.04 Å². The quantitative estimate of drug-likeness (QED) is 0.870. The van der Waals surface area contributed by atoms with Gasteiger partial charge in [-0.2, -0.15) is 0 Å². The Morgan fingerprint density at radius 2 is 2.06 bits per heavy atom. The summed E-state index contributed by atoms with van der Waals surface area (Å²) in [5, 5.41) is 3.45. The topological polar surface area (TPSA) is 28.4 Å².